The van der Waals surface area contributed by atoms with Gasteiger partial charge in [-0.25, -0.2) is 4.68 Å². The molecule has 1 amide bonds. The van der Waals surface area contributed by atoms with E-state index in [1.54, 1.807) is 12.1 Å². The number of carbonyl (C=O) groups excluding carboxylic acids is 1. The Morgan fingerprint density at radius 2 is 1.55 bits per heavy atom. The van der Waals surface area contributed by atoms with E-state index in [0.717, 1.165) is 13.1 Å². The van der Waals surface area contributed by atoms with Gasteiger partial charge in [-0.1, -0.05) is 36.4 Å². The fourth-order valence-electron chi connectivity index (χ4n) is 3.93. The van der Waals surface area contributed by atoms with Gasteiger partial charge in [0.15, 0.2) is 5.69 Å². The number of hydrogen-bond donors (Lipinski definition) is 0. The molecule has 2 aliphatic heterocycles. The average molecular weight is 390 g/mol. The summed E-state index contributed by atoms with van der Waals surface area (Å²) < 4.78 is 6.66. The lowest BCUT2D eigenvalue weighted by Gasteiger charge is -2.36. The molecule has 3 aromatic rings. The maximum absolute atomic E-state index is 13.3. The highest BCUT2D eigenvalue weighted by molar-refractivity contribution is 6.04. The van der Waals surface area contributed by atoms with Crippen molar-refractivity contribution in [2.45, 2.75) is 6.04 Å². The SMILES string of the molecule is O=C(c1nn(C2COC2)c(=O)c2ccccc12)N1CCN(c2ccccc2)CC1. The monoisotopic (exact) mass is 390 g/mol. The van der Waals surface area contributed by atoms with Gasteiger partial charge in [0.25, 0.3) is 11.5 Å². The van der Waals surface area contributed by atoms with E-state index in [1.165, 1.54) is 10.4 Å². The standard InChI is InChI=1S/C22H22N4O3/c27-21-19-9-5-4-8-18(19)20(23-26(21)17-14-29-15-17)22(28)25-12-10-24(11-13-25)16-6-2-1-3-7-16/h1-9,17H,10-15H2. The van der Waals surface area contributed by atoms with Gasteiger partial charge in [0.2, 0.25) is 0 Å². The van der Waals surface area contributed by atoms with Crippen molar-refractivity contribution in [1.29, 1.82) is 0 Å². The zero-order valence-corrected chi connectivity index (χ0v) is 16.0. The van der Waals surface area contributed by atoms with Crippen LogP contribution in [-0.2, 0) is 4.74 Å². The van der Waals surface area contributed by atoms with E-state index < -0.39 is 0 Å². The van der Waals surface area contributed by atoms with Crippen molar-refractivity contribution in [3.8, 4) is 0 Å². The molecule has 3 heterocycles. The highest BCUT2D eigenvalue weighted by Crippen LogP contribution is 2.21. The molecule has 0 unspecified atom stereocenters. The first-order valence-electron chi connectivity index (χ1n) is 9.91. The van der Waals surface area contributed by atoms with Gasteiger partial charge in [0.1, 0.15) is 6.04 Å². The number of amides is 1. The van der Waals surface area contributed by atoms with E-state index in [-0.39, 0.29) is 17.5 Å². The van der Waals surface area contributed by atoms with E-state index in [4.69, 9.17) is 4.74 Å². The number of benzene rings is 2. The molecular formula is C22H22N4O3. The number of fused-ring (bicyclic) bond motifs is 1. The van der Waals surface area contributed by atoms with E-state index in [9.17, 15) is 9.59 Å². The van der Waals surface area contributed by atoms with Crippen molar-refractivity contribution in [2.75, 3.05) is 44.3 Å². The summed E-state index contributed by atoms with van der Waals surface area (Å²) in [5.41, 5.74) is 1.35. The largest absolute Gasteiger partial charge is 0.377 e. The highest BCUT2D eigenvalue weighted by Gasteiger charge is 2.29. The molecule has 2 saturated heterocycles. The van der Waals surface area contributed by atoms with Gasteiger partial charge in [-0.2, -0.15) is 5.10 Å². The second-order valence-corrected chi connectivity index (χ2v) is 7.45. The summed E-state index contributed by atoms with van der Waals surface area (Å²) in [4.78, 5) is 30.3. The van der Waals surface area contributed by atoms with Crippen molar-refractivity contribution in [3.63, 3.8) is 0 Å². The minimum absolute atomic E-state index is 0.103. The summed E-state index contributed by atoms with van der Waals surface area (Å²) >= 11 is 0. The number of rotatable bonds is 3. The maximum atomic E-state index is 13.3. The van der Waals surface area contributed by atoms with E-state index in [2.05, 4.69) is 22.1 Å². The quantitative estimate of drug-likeness (QED) is 0.684. The first kappa shape index (κ1) is 17.9. The van der Waals surface area contributed by atoms with E-state index >= 15 is 0 Å². The molecule has 0 spiro atoms. The Balaban J connectivity index is 1.44. The molecule has 7 heteroatoms. The van der Waals surface area contributed by atoms with Gasteiger partial charge in [-0.15, -0.1) is 0 Å². The van der Waals surface area contributed by atoms with Crippen molar-refractivity contribution in [2.24, 2.45) is 0 Å². The summed E-state index contributed by atoms with van der Waals surface area (Å²) in [6.45, 7) is 3.68. The normalized spacial score (nSPS) is 17.4. The van der Waals surface area contributed by atoms with Crippen molar-refractivity contribution in [3.05, 3.63) is 70.6 Å². The number of para-hydroxylation sites is 1. The lowest BCUT2D eigenvalue weighted by Crippen LogP contribution is -2.49. The summed E-state index contributed by atoms with van der Waals surface area (Å²) in [7, 11) is 0. The van der Waals surface area contributed by atoms with Crippen LogP contribution in [0.25, 0.3) is 10.8 Å². The molecule has 0 saturated carbocycles. The van der Waals surface area contributed by atoms with Gasteiger partial charge >= 0.3 is 0 Å². The Kier molecular flexibility index (Phi) is 4.52. The van der Waals surface area contributed by atoms with Crippen molar-refractivity contribution >= 4 is 22.4 Å². The molecule has 0 N–H and O–H groups in total. The highest BCUT2D eigenvalue weighted by atomic mass is 16.5. The molecule has 0 aliphatic carbocycles. The first-order chi connectivity index (χ1) is 14.2. The Labute approximate surface area is 168 Å². The van der Waals surface area contributed by atoms with Gasteiger partial charge in [0.05, 0.1) is 18.6 Å². The van der Waals surface area contributed by atoms with E-state index in [1.807, 2.05) is 35.2 Å². The molecule has 7 nitrogen and oxygen atoms in total. The topological polar surface area (TPSA) is 67.7 Å². The number of hydrogen-bond acceptors (Lipinski definition) is 5. The molecule has 2 aliphatic rings. The van der Waals surface area contributed by atoms with Gasteiger partial charge in [0, 0.05) is 37.3 Å². The second kappa shape index (κ2) is 7.33. The molecular weight excluding hydrogens is 368 g/mol. The van der Waals surface area contributed by atoms with Crippen LogP contribution in [0.4, 0.5) is 5.69 Å². The zero-order chi connectivity index (χ0) is 19.8. The van der Waals surface area contributed by atoms with Crippen molar-refractivity contribution < 1.29 is 9.53 Å². The zero-order valence-electron chi connectivity index (χ0n) is 16.0. The summed E-state index contributed by atoms with van der Waals surface area (Å²) in [6.07, 6.45) is 0. The number of carbonyl (C=O) groups is 1. The van der Waals surface area contributed by atoms with Crippen LogP contribution in [-0.4, -0.2) is 60.0 Å². The van der Waals surface area contributed by atoms with Gasteiger partial charge in [-0.05, 0) is 18.2 Å². The lowest BCUT2D eigenvalue weighted by molar-refractivity contribution is -0.0307. The van der Waals surface area contributed by atoms with E-state index in [0.29, 0.717) is 42.8 Å². The van der Waals surface area contributed by atoms with Crippen LogP contribution in [0.2, 0.25) is 0 Å². The Hall–Kier alpha value is -3.19. The minimum atomic E-state index is -0.167. The number of aromatic nitrogens is 2. The fraction of sp³-hybridized carbons (Fsp3) is 0.318. The molecule has 1 aromatic heterocycles. The second-order valence-electron chi connectivity index (χ2n) is 7.45. The maximum Gasteiger partial charge on any atom is 0.275 e. The summed E-state index contributed by atoms with van der Waals surface area (Å²) in [5, 5.41) is 5.64. The molecule has 0 bridgehead atoms. The predicted octanol–water partition coefficient (Wildman–Crippen LogP) is 1.93. The molecule has 0 atom stereocenters. The predicted molar refractivity (Wildman–Crippen MR) is 110 cm³/mol. The van der Waals surface area contributed by atoms with Gasteiger partial charge in [-0.3, -0.25) is 9.59 Å². The Morgan fingerprint density at radius 1 is 0.897 bits per heavy atom. The number of piperazine rings is 1. The average Bonchev–Trinajstić information content (AvgIpc) is 2.75. The molecule has 148 valence electrons. The molecule has 2 aromatic carbocycles. The van der Waals surface area contributed by atoms with Crippen LogP contribution in [0, 0.1) is 0 Å². The first-order valence-corrected chi connectivity index (χ1v) is 9.91. The van der Waals surface area contributed by atoms with Crippen LogP contribution in [0.3, 0.4) is 0 Å². The Morgan fingerprint density at radius 3 is 2.21 bits per heavy atom. The molecule has 29 heavy (non-hydrogen) atoms. The van der Waals surface area contributed by atoms with Crippen LogP contribution in [0.1, 0.15) is 16.5 Å². The minimum Gasteiger partial charge on any atom is -0.377 e. The van der Waals surface area contributed by atoms with Crippen LogP contribution in [0.5, 0.6) is 0 Å². The van der Waals surface area contributed by atoms with Crippen LogP contribution >= 0.6 is 0 Å². The third-order valence-corrected chi connectivity index (χ3v) is 5.69. The number of nitrogens with zero attached hydrogens (tertiary/aromatic N) is 4. The number of ether oxygens (including phenoxy) is 1. The number of anilines is 1. The Bertz CT molecular complexity index is 1100. The summed E-state index contributed by atoms with van der Waals surface area (Å²) in [6, 6.07) is 17.3. The molecule has 0 radical (unpaired) electrons. The van der Waals surface area contributed by atoms with Crippen LogP contribution in [0.15, 0.2) is 59.4 Å². The third-order valence-electron chi connectivity index (χ3n) is 5.69. The molecule has 5 rings (SSSR count). The lowest BCUT2D eigenvalue weighted by atomic mass is 10.1. The van der Waals surface area contributed by atoms with Crippen molar-refractivity contribution in [1.82, 2.24) is 14.7 Å². The molecule has 2 fully saturated rings. The van der Waals surface area contributed by atoms with Gasteiger partial charge < -0.3 is 14.5 Å². The van der Waals surface area contributed by atoms with Crippen LogP contribution < -0.4 is 10.5 Å². The third kappa shape index (κ3) is 3.17. The summed E-state index contributed by atoms with van der Waals surface area (Å²) in [5.74, 6) is -0.122. The smallest absolute Gasteiger partial charge is 0.275 e. The fourth-order valence-corrected chi connectivity index (χ4v) is 3.93.